The molecule has 0 aliphatic carbocycles. The molecule has 0 radical (unpaired) electrons. The van der Waals surface area contributed by atoms with Gasteiger partial charge in [0.15, 0.2) is 0 Å². The van der Waals surface area contributed by atoms with E-state index in [1.807, 2.05) is 48.7 Å². The number of aryl methyl sites for hydroxylation is 1. The van der Waals surface area contributed by atoms with Gasteiger partial charge in [-0.3, -0.25) is 4.79 Å². The van der Waals surface area contributed by atoms with E-state index < -0.39 is 0 Å². The molecular formula is C13H13NOS. The summed E-state index contributed by atoms with van der Waals surface area (Å²) in [6.07, 6.45) is 0. The Hall–Kier alpha value is -1.61. The number of nitrogens with one attached hydrogen (secondary N) is 1. The summed E-state index contributed by atoms with van der Waals surface area (Å²) in [5.41, 5.74) is 2.36. The second-order valence-electron chi connectivity index (χ2n) is 3.59. The monoisotopic (exact) mass is 231 g/mol. The van der Waals surface area contributed by atoms with Gasteiger partial charge in [-0.1, -0.05) is 30.3 Å². The SMILES string of the molecule is Cc1ccccc1CNC(=O)c1cccs1. The average molecular weight is 231 g/mol. The summed E-state index contributed by atoms with van der Waals surface area (Å²) in [7, 11) is 0. The van der Waals surface area contributed by atoms with Crippen molar-refractivity contribution in [2.45, 2.75) is 13.5 Å². The van der Waals surface area contributed by atoms with E-state index in [4.69, 9.17) is 0 Å². The Labute approximate surface area is 98.9 Å². The number of hydrogen-bond donors (Lipinski definition) is 1. The summed E-state index contributed by atoms with van der Waals surface area (Å²) in [5.74, 6) is -0.00162. The first-order valence-corrected chi connectivity index (χ1v) is 6.01. The van der Waals surface area contributed by atoms with Crippen LogP contribution in [0, 0.1) is 6.92 Å². The van der Waals surface area contributed by atoms with Gasteiger partial charge in [0.2, 0.25) is 0 Å². The Bertz CT molecular complexity index is 476. The molecule has 1 aromatic heterocycles. The van der Waals surface area contributed by atoms with E-state index in [1.54, 1.807) is 0 Å². The second-order valence-corrected chi connectivity index (χ2v) is 4.53. The topological polar surface area (TPSA) is 29.1 Å². The Morgan fingerprint density at radius 2 is 2.06 bits per heavy atom. The smallest absolute Gasteiger partial charge is 0.261 e. The standard InChI is InChI=1S/C13H13NOS/c1-10-5-2-3-6-11(10)9-14-13(15)12-7-4-8-16-12/h2-8H,9H2,1H3,(H,14,15). The third-order valence-corrected chi connectivity index (χ3v) is 3.31. The number of benzene rings is 1. The number of carbonyl (C=O) groups is 1. The predicted octanol–water partition coefficient (Wildman–Crippen LogP) is 2.99. The van der Waals surface area contributed by atoms with Crippen LogP contribution in [0.2, 0.25) is 0 Å². The molecule has 82 valence electrons. The third kappa shape index (κ3) is 2.49. The summed E-state index contributed by atoms with van der Waals surface area (Å²) in [6, 6.07) is 11.8. The van der Waals surface area contributed by atoms with E-state index in [0.29, 0.717) is 6.54 Å². The fourth-order valence-electron chi connectivity index (χ4n) is 1.48. The highest BCUT2D eigenvalue weighted by Gasteiger charge is 2.05. The zero-order chi connectivity index (χ0) is 11.4. The first-order chi connectivity index (χ1) is 7.77. The zero-order valence-electron chi connectivity index (χ0n) is 9.07. The van der Waals surface area contributed by atoms with Crippen LogP contribution in [0.25, 0.3) is 0 Å². The largest absolute Gasteiger partial charge is 0.347 e. The van der Waals surface area contributed by atoms with Gasteiger partial charge in [0, 0.05) is 6.54 Å². The first-order valence-electron chi connectivity index (χ1n) is 5.13. The first kappa shape index (κ1) is 10.9. The molecule has 0 unspecified atom stereocenters. The molecule has 0 fully saturated rings. The van der Waals surface area contributed by atoms with Gasteiger partial charge in [0.25, 0.3) is 5.91 Å². The molecule has 2 aromatic rings. The van der Waals surface area contributed by atoms with Gasteiger partial charge < -0.3 is 5.32 Å². The maximum atomic E-state index is 11.7. The van der Waals surface area contributed by atoms with Crippen molar-refractivity contribution in [2.24, 2.45) is 0 Å². The van der Waals surface area contributed by atoms with E-state index >= 15 is 0 Å². The molecule has 1 aromatic carbocycles. The summed E-state index contributed by atoms with van der Waals surface area (Å²) < 4.78 is 0. The molecule has 2 rings (SSSR count). The average Bonchev–Trinajstić information content (AvgIpc) is 2.81. The molecule has 1 heterocycles. The summed E-state index contributed by atoms with van der Waals surface area (Å²) in [5, 5.41) is 4.82. The summed E-state index contributed by atoms with van der Waals surface area (Å²) in [4.78, 5) is 12.4. The van der Waals surface area contributed by atoms with E-state index in [-0.39, 0.29) is 5.91 Å². The molecule has 0 atom stereocenters. The van der Waals surface area contributed by atoms with Crippen molar-refractivity contribution in [3.05, 3.63) is 57.8 Å². The van der Waals surface area contributed by atoms with Crippen LogP contribution in [0.5, 0.6) is 0 Å². The Morgan fingerprint density at radius 3 is 2.75 bits per heavy atom. The lowest BCUT2D eigenvalue weighted by Gasteiger charge is -2.06. The summed E-state index contributed by atoms with van der Waals surface area (Å²) in [6.45, 7) is 2.63. The highest BCUT2D eigenvalue weighted by atomic mass is 32.1. The van der Waals surface area contributed by atoms with Crippen LogP contribution >= 0.6 is 11.3 Å². The molecule has 0 saturated heterocycles. The third-order valence-electron chi connectivity index (χ3n) is 2.45. The fourth-order valence-corrected chi connectivity index (χ4v) is 2.12. The maximum Gasteiger partial charge on any atom is 0.261 e. The lowest BCUT2D eigenvalue weighted by atomic mass is 10.1. The van der Waals surface area contributed by atoms with Crippen molar-refractivity contribution in [1.82, 2.24) is 5.32 Å². The fraction of sp³-hybridized carbons (Fsp3) is 0.154. The van der Waals surface area contributed by atoms with Gasteiger partial charge in [0.05, 0.1) is 4.88 Å². The highest BCUT2D eigenvalue weighted by molar-refractivity contribution is 7.12. The predicted molar refractivity (Wildman–Crippen MR) is 66.7 cm³/mol. The van der Waals surface area contributed by atoms with Crippen LogP contribution in [0.15, 0.2) is 41.8 Å². The van der Waals surface area contributed by atoms with Crippen molar-refractivity contribution in [1.29, 1.82) is 0 Å². The number of amides is 1. The molecule has 0 aliphatic rings. The zero-order valence-corrected chi connectivity index (χ0v) is 9.88. The molecule has 0 bridgehead atoms. The molecule has 0 saturated carbocycles. The van der Waals surface area contributed by atoms with Gasteiger partial charge >= 0.3 is 0 Å². The molecule has 2 nitrogen and oxygen atoms in total. The molecule has 1 N–H and O–H groups in total. The van der Waals surface area contributed by atoms with Gasteiger partial charge in [-0.2, -0.15) is 0 Å². The van der Waals surface area contributed by atoms with E-state index in [2.05, 4.69) is 5.32 Å². The number of thiophene rings is 1. The Kier molecular flexibility index (Phi) is 3.37. The maximum absolute atomic E-state index is 11.7. The second kappa shape index (κ2) is 4.94. The quantitative estimate of drug-likeness (QED) is 0.864. The minimum Gasteiger partial charge on any atom is -0.347 e. The Morgan fingerprint density at radius 1 is 1.25 bits per heavy atom. The van der Waals surface area contributed by atoms with Gasteiger partial charge in [0.1, 0.15) is 0 Å². The number of hydrogen-bond acceptors (Lipinski definition) is 2. The van der Waals surface area contributed by atoms with Crippen LogP contribution < -0.4 is 5.32 Å². The van der Waals surface area contributed by atoms with Crippen molar-refractivity contribution in [3.8, 4) is 0 Å². The van der Waals surface area contributed by atoms with Crippen LogP contribution in [-0.4, -0.2) is 5.91 Å². The van der Waals surface area contributed by atoms with Crippen LogP contribution in [-0.2, 0) is 6.54 Å². The normalized spacial score (nSPS) is 10.1. The van der Waals surface area contributed by atoms with E-state index in [9.17, 15) is 4.79 Å². The van der Waals surface area contributed by atoms with Gasteiger partial charge in [-0.05, 0) is 29.5 Å². The highest BCUT2D eigenvalue weighted by Crippen LogP contribution is 2.10. The van der Waals surface area contributed by atoms with E-state index in [1.165, 1.54) is 16.9 Å². The molecular weight excluding hydrogens is 218 g/mol. The summed E-state index contributed by atoms with van der Waals surface area (Å²) >= 11 is 1.46. The van der Waals surface area contributed by atoms with Crippen molar-refractivity contribution in [3.63, 3.8) is 0 Å². The van der Waals surface area contributed by atoms with E-state index in [0.717, 1.165) is 10.4 Å². The lowest BCUT2D eigenvalue weighted by molar-refractivity contribution is 0.0955. The lowest BCUT2D eigenvalue weighted by Crippen LogP contribution is -2.22. The van der Waals surface area contributed by atoms with Crippen LogP contribution in [0.3, 0.4) is 0 Å². The van der Waals surface area contributed by atoms with Crippen molar-refractivity contribution < 1.29 is 4.79 Å². The van der Waals surface area contributed by atoms with Crippen LogP contribution in [0.4, 0.5) is 0 Å². The van der Waals surface area contributed by atoms with Gasteiger partial charge in [-0.15, -0.1) is 11.3 Å². The molecule has 0 spiro atoms. The number of carbonyl (C=O) groups excluding carboxylic acids is 1. The molecule has 3 heteroatoms. The minimum atomic E-state index is -0.00162. The Balaban J connectivity index is 1.98. The molecule has 16 heavy (non-hydrogen) atoms. The van der Waals surface area contributed by atoms with Crippen molar-refractivity contribution in [2.75, 3.05) is 0 Å². The van der Waals surface area contributed by atoms with Gasteiger partial charge in [-0.25, -0.2) is 0 Å². The van der Waals surface area contributed by atoms with Crippen molar-refractivity contribution >= 4 is 17.2 Å². The van der Waals surface area contributed by atoms with Crippen LogP contribution in [0.1, 0.15) is 20.8 Å². The number of rotatable bonds is 3. The minimum absolute atomic E-state index is 0.00162. The molecule has 0 aliphatic heterocycles. The molecule has 1 amide bonds.